The van der Waals surface area contributed by atoms with Crippen molar-refractivity contribution in [3.63, 3.8) is 0 Å². The molecule has 0 aromatic heterocycles. The number of hydrogen-bond acceptors (Lipinski definition) is 5. The fraction of sp³-hybridized carbons (Fsp3) is 0.714. The van der Waals surface area contributed by atoms with E-state index in [0.717, 1.165) is 37.6 Å². The van der Waals surface area contributed by atoms with E-state index < -0.39 is 0 Å². The van der Waals surface area contributed by atoms with E-state index in [0.29, 0.717) is 23.5 Å². The highest BCUT2D eigenvalue weighted by molar-refractivity contribution is 5.55. The van der Waals surface area contributed by atoms with Gasteiger partial charge < -0.3 is 18.9 Å². The maximum atomic E-state index is 5.72. The molecule has 0 spiro atoms. The predicted octanol–water partition coefficient (Wildman–Crippen LogP) is 3.88. The first-order chi connectivity index (χ1) is 12.8. The molecule has 5 nitrogen and oxygen atoms in total. The van der Waals surface area contributed by atoms with Crippen molar-refractivity contribution in [2.45, 2.75) is 51.1 Å². The van der Waals surface area contributed by atoms with Gasteiger partial charge in [-0.25, -0.2) is 0 Å². The zero-order valence-corrected chi connectivity index (χ0v) is 16.5. The molecule has 1 heterocycles. The topological polar surface area (TPSA) is 40.2 Å². The third-order valence-corrected chi connectivity index (χ3v) is 5.75. The molecular weight excluding hydrogens is 330 g/mol. The third-order valence-electron chi connectivity index (χ3n) is 5.75. The van der Waals surface area contributed by atoms with E-state index in [1.165, 1.54) is 38.5 Å². The van der Waals surface area contributed by atoms with Crippen LogP contribution < -0.4 is 14.2 Å². The van der Waals surface area contributed by atoms with Crippen molar-refractivity contribution in [2.24, 2.45) is 5.92 Å². The normalized spacial score (nSPS) is 21.2. The van der Waals surface area contributed by atoms with Crippen LogP contribution in [0.25, 0.3) is 0 Å². The molecule has 2 fully saturated rings. The second kappa shape index (κ2) is 9.47. The standard InChI is InChI=1S/C21H33NO4/c1-23-19-11-10-17(20(24-2)21(19)25-3)14-22(18-8-4-5-9-18)13-16-7-6-12-26-15-16/h10-11,16,18H,4-9,12-15H2,1-3H3/t16-/m0/s1. The van der Waals surface area contributed by atoms with Crippen LogP contribution >= 0.6 is 0 Å². The molecule has 2 aliphatic rings. The second-order valence-corrected chi connectivity index (χ2v) is 7.44. The second-order valence-electron chi connectivity index (χ2n) is 7.44. The Bertz CT molecular complexity index is 565. The summed E-state index contributed by atoms with van der Waals surface area (Å²) in [5, 5.41) is 0. The Kier molecular flexibility index (Phi) is 7.03. The molecule has 0 bridgehead atoms. The van der Waals surface area contributed by atoms with Gasteiger partial charge in [-0.3, -0.25) is 4.90 Å². The van der Waals surface area contributed by atoms with Crippen LogP contribution in [0.1, 0.15) is 44.1 Å². The van der Waals surface area contributed by atoms with Gasteiger partial charge in [0.2, 0.25) is 5.75 Å². The minimum Gasteiger partial charge on any atom is -0.493 e. The van der Waals surface area contributed by atoms with E-state index in [4.69, 9.17) is 18.9 Å². The molecule has 1 atom stereocenters. The monoisotopic (exact) mass is 363 g/mol. The first kappa shape index (κ1) is 19.3. The molecule has 5 heteroatoms. The molecular formula is C21H33NO4. The molecule has 0 N–H and O–H groups in total. The van der Waals surface area contributed by atoms with Gasteiger partial charge in [0.05, 0.1) is 27.9 Å². The van der Waals surface area contributed by atoms with Crippen LogP contribution in [-0.4, -0.2) is 52.0 Å². The summed E-state index contributed by atoms with van der Waals surface area (Å²) < 4.78 is 22.4. The lowest BCUT2D eigenvalue weighted by Crippen LogP contribution is -2.39. The Morgan fingerprint density at radius 3 is 2.35 bits per heavy atom. The Labute approximate surface area is 157 Å². The number of ether oxygens (including phenoxy) is 4. The fourth-order valence-corrected chi connectivity index (χ4v) is 4.40. The SMILES string of the molecule is COc1ccc(CN(C[C@@H]2CCCOC2)C2CCCC2)c(OC)c1OC. The van der Waals surface area contributed by atoms with Gasteiger partial charge in [-0.05, 0) is 37.7 Å². The van der Waals surface area contributed by atoms with Crippen LogP contribution in [0.5, 0.6) is 17.2 Å². The Hall–Kier alpha value is -1.46. The van der Waals surface area contributed by atoms with E-state index >= 15 is 0 Å². The van der Waals surface area contributed by atoms with Crippen LogP contribution in [0.3, 0.4) is 0 Å². The van der Waals surface area contributed by atoms with Gasteiger partial charge in [0.1, 0.15) is 0 Å². The molecule has 0 radical (unpaired) electrons. The number of hydrogen-bond donors (Lipinski definition) is 0. The Balaban J connectivity index is 1.81. The summed E-state index contributed by atoms with van der Waals surface area (Å²) in [6, 6.07) is 4.75. The zero-order chi connectivity index (χ0) is 18.4. The van der Waals surface area contributed by atoms with Crippen molar-refractivity contribution >= 4 is 0 Å². The van der Waals surface area contributed by atoms with Gasteiger partial charge in [-0.15, -0.1) is 0 Å². The highest BCUT2D eigenvalue weighted by atomic mass is 16.5. The molecule has 0 unspecified atom stereocenters. The quantitative estimate of drug-likeness (QED) is 0.701. The van der Waals surface area contributed by atoms with E-state index in [1.54, 1.807) is 21.3 Å². The molecule has 146 valence electrons. The van der Waals surface area contributed by atoms with E-state index in [1.807, 2.05) is 6.07 Å². The van der Waals surface area contributed by atoms with Crippen molar-refractivity contribution in [3.05, 3.63) is 17.7 Å². The molecule has 1 aliphatic heterocycles. The molecule has 1 saturated carbocycles. The summed E-state index contributed by atoms with van der Waals surface area (Å²) in [4.78, 5) is 2.65. The van der Waals surface area contributed by atoms with Gasteiger partial charge in [0, 0.05) is 31.3 Å². The molecule has 1 aromatic carbocycles. The first-order valence-electron chi connectivity index (χ1n) is 9.86. The van der Waals surface area contributed by atoms with Crippen molar-refractivity contribution in [2.75, 3.05) is 41.1 Å². The first-order valence-corrected chi connectivity index (χ1v) is 9.86. The van der Waals surface area contributed by atoms with Crippen molar-refractivity contribution < 1.29 is 18.9 Å². The molecule has 3 rings (SSSR count). The number of rotatable bonds is 8. The van der Waals surface area contributed by atoms with Crippen LogP contribution in [-0.2, 0) is 11.3 Å². The van der Waals surface area contributed by atoms with Crippen molar-refractivity contribution in [3.8, 4) is 17.2 Å². The molecule has 0 amide bonds. The van der Waals surface area contributed by atoms with E-state index in [2.05, 4.69) is 11.0 Å². The van der Waals surface area contributed by atoms with Crippen LogP contribution in [0, 0.1) is 5.92 Å². The highest BCUT2D eigenvalue weighted by Gasteiger charge is 2.28. The minimum atomic E-state index is 0.635. The molecule has 26 heavy (non-hydrogen) atoms. The zero-order valence-electron chi connectivity index (χ0n) is 16.5. The van der Waals surface area contributed by atoms with Gasteiger partial charge in [-0.2, -0.15) is 0 Å². The summed E-state index contributed by atoms with van der Waals surface area (Å²) in [5.74, 6) is 2.81. The fourth-order valence-electron chi connectivity index (χ4n) is 4.40. The average molecular weight is 363 g/mol. The Morgan fingerprint density at radius 2 is 1.73 bits per heavy atom. The van der Waals surface area contributed by atoms with Gasteiger partial charge in [0.25, 0.3) is 0 Å². The summed E-state index contributed by atoms with van der Waals surface area (Å²) in [7, 11) is 5.03. The lowest BCUT2D eigenvalue weighted by atomic mass is 9.99. The van der Waals surface area contributed by atoms with E-state index in [-0.39, 0.29) is 0 Å². The minimum absolute atomic E-state index is 0.635. The van der Waals surface area contributed by atoms with Gasteiger partial charge in [0.15, 0.2) is 11.5 Å². The van der Waals surface area contributed by atoms with Crippen LogP contribution in [0.15, 0.2) is 12.1 Å². The summed E-state index contributed by atoms with van der Waals surface area (Å²) in [6.45, 7) is 3.79. The summed E-state index contributed by atoms with van der Waals surface area (Å²) in [5.41, 5.74) is 1.16. The largest absolute Gasteiger partial charge is 0.493 e. The van der Waals surface area contributed by atoms with Crippen LogP contribution in [0.4, 0.5) is 0 Å². The van der Waals surface area contributed by atoms with Crippen molar-refractivity contribution in [1.82, 2.24) is 4.90 Å². The maximum absolute atomic E-state index is 5.72. The van der Waals surface area contributed by atoms with Crippen LogP contribution in [0.2, 0.25) is 0 Å². The maximum Gasteiger partial charge on any atom is 0.203 e. The third kappa shape index (κ3) is 4.44. The van der Waals surface area contributed by atoms with Crippen molar-refractivity contribution in [1.29, 1.82) is 0 Å². The lowest BCUT2D eigenvalue weighted by Gasteiger charge is -2.34. The molecule has 1 aromatic rings. The number of benzene rings is 1. The number of nitrogens with zero attached hydrogens (tertiary/aromatic N) is 1. The number of methoxy groups -OCH3 is 3. The summed E-state index contributed by atoms with van der Waals surface area (Å²) >= 11 is 0. The van der Waals surface area contributed by atoms with E-state index in [9.17, 15) is 0 Å². The molecule has 1 saturated heterocycles. The van der Waals surface area contributed by atoms with Gasteiger partial charge in [-0.1, -0.05) is 18.9 Å². The summed E-state index contributed by atoms with van der Waals surface area (Å²) in [6.07, 6.45) is 7.72. The highest BCUT2D eigenvalue weighted by Crippen LogP contribution is 2.41. The Morgan fingerprint density at radius 1 is 0.962 bits per heavy atom. The smallest absolute Gasteiger partial charge is 0.203 e. The predicted molar refractivity (Wildman–Crippen MR) is 102 cm³/mol. The lowest BCUT2D eigenvalue weighted by molar-refractivity contribution is 0.0291. The van der Waals surface area contributed by atoms with Gasteiger partial charge >= 0.3 is 0 Å². The molecule has 1 aliphatic carbocycles. The average Bonchev–Trinajstić information content (AvgIpc) is 3.22.